The van der Waals surface area contributed by atoms with Gasteiger partial charge in [0.25, 0.3) is 5.91 Å². The molecule has 0 spiro atoms. The van der Waals surface area contributed by atoms with Crippen molar-refractivity contribution in [3.05, 3.63) is 51.9 Å². The van der Waals surface area contributed by atoms with Crippen LogP contribution in [0.2, 0.25) is 0 Å². The summed E-state index contributed by atoms with van der Waals surface area (Å²) in [6.07, 6.45) is 0. The van der Waals surface area contributed by atoms with E-state index in [2.05, 4.69) is 21.2 Å². The lowest BCUT2D eigenvalue weighted by atomic mass is 10.2. The number of amides is 1. The molecule has 5 nitrogen and oxygen atoms in total. The SMILES string of the molecule is Cc1ccc(C(=O)OCC(=O)Nc2ccc(Br)c(C)c2)o1. The zero-order valence-corrected chi connectivity index (χ0v) is 13.2. The Bertz CT molecular complexity index is 678. The summed E-state index contributed by atoms with van der Waals surface area (Å²) in [4.78, 5) is 23.3. The second kappa shape index (κ2) is 6.58. The first-order valence-corrected chi connectivity index (χ1v) is 7.04. The van der Waals surface area contributed by atoms with Gasteiger partial charge in [0.15, 0.2) is 6.61 Å². The van der Waals surface area contributed by atoms with Crippen molar-refractivity contribution in [1.29, 1.82) is 0 Å². The zero-order valence-electron chi connectivity index (χ0n) is 11.6. The standard InChI is InChI=1S/C15H14BrNO4/c1-9-7-11(4-5-12(9)16)17-14(18)8-20-15(19)13-6-3-10(2)21-13/h3-7H,8H2,1-2H3,(H,17,18). The molecule has 0 aliphatic carbocycles. The number of furan rings is 1. The van der Waals surface area contributed by atoms with E-state index >= 15 is 0 Å². The van der Waals surface area contributed by atoms with E-state index in [4.69, 9.17) is 9.15 Å². The summed E-state index contributed by atoms with van der Waals surface area (Å²) in [5.74, 6) is -0.380. The van der Waals surface area contributed by atoms with Crippen LogP contribution in [-0.2, 0) is 9.53 Å². The maximum atomic E-state index is 11.7. The Kier molecular flexibility index (Phi) is 4.80. The molecule has 110 valence electrons. The van der Waals surface area contributed by atoms with E-state index in [1.165, 1.54) is 6.07 Å². The first-order chi connectivity index (χ1) is 9.95. The monoisotopic (exact) mass is 351 g/mol. The molecule has 1 heterocycles. The maximum absolute atomic E-state index is 11.7. The van der Waals surface area contributed by atoms with Crippen molar-refractivity contribution < 1.29 is 18.7 Å². The highest BCUT2D eigenvalue weighted by Gasteiger charge is 2.13. The highest BCUT2D eigenvalue weighted by atomic mass is 79.9. The molecule has 0 radical (unpaired) electrons. The second-order valence-electron chi connectivity index (χ2n) is 4.50. The van der Waals surface area contributed by atoms with E-state index in [0.717, 1.165) is 10.0 Å². The number of nitrogens with one attached hydrogen (secondary N) is 1. The molecule has 2 rings (SSSR count). The molecule has 0 aliphatic rings. The van der Waals surface area contributed by atoms with E-state index in [-0.39, 0.29) is 12.4 Å². The van der Waals surface area contributed by atoms with Gasteiger partial charge in [-0.15, -0.1) is 0 Å². The lowest BCUT2D eigenvalue weighted by Gasteiger charge is -2.07. The summed E-state index contributed by atoms with van der Waals surface area (Å²) in [5, 5.41) is 2.65. The number of benzene rings is 1. The van der Waals surface area contributed by atoms with Gasteiger partial charge in [0.2, 0.25) is 5.76 Å². The lowest BCUT2D eigenvalue weighted by Crippen LogP contribution is -2.20. The van der Waals surface area contributed by atoms with Crippen LogP contribution in [-0.4, -0.2) is 18.5 Å². The van der Waals surface area contributed by atoms with Crippen molar-refractivity contribution >= 4 is 33.5 Å². The van der Waals surface area contributed by atoms with Crippen LogP contribution in [0.4, 0.5) is 5.69 Å². The van der Waals surface area contributed by atoms with Gasteiger partial charge in [-0.2, -0.15) is 0 Å². The van der Waals surface area contributed by atoms with E-state index in [1.54, 1.807) is 19.1 Å². The fourth-order valence-corrected chi connectivity index (χ4v) is 1.91. The van der Waals surface area contributed by atoms with E-state index < -0.39 is 11.9 Å². The minimum Gasteiger partial charge on any atom is -0.454 e. The average Bonchev–Trinajstić information content (AvgIpc) is 2.87. The van der Waals surface area contributed by atoms with Gasteiger partial charge >= 0.3 is 5.97 Å². The van der Waals surface area contributed by atoms with Crippen molar-refractivity contribution in [2.24, 2.45) is 0 Å². The number of esters is 1. The van der Waals surface area contributed by atoms with Crippen LogP contribution in [0.15, 0.2) is 39.2 Å². The largest absolute Gasteiger partial charge is 0.454 e. The molecule has 0 fully saturated rings. The Balaban J connectivity index is 1.87. The summed E-state index contributed by atoms with van der Waals surface area (Å²) in [6.45, 7) is 3.27. The third-order valence-corrected chi connectivity index (χ3v) is 3.61. The minimum atomic E-state index is -0.662. The van der Waals surface area contributed by atoms with Crippen LogP contribution in [0.25, 0.3) is 0 Å². The molecule has 1 amide bonds. The number of anilines is 1. The van der Waals surface area contributed by atoms with E-state index in [9.17, 15) is 9.59 Å². The molecule has 0 bridgehead atoms. The Morgan fingerprint density at radius 2 is 2.00 bits per heavy atom. The van der Waals surface area contributed by atoms with Gasteiger partial charge in [-0.25, -0.2) is 4.79 Å². The van der Waals surface area contributed by atoms with Crippen LogP contribution < -0.4 is 5.32 Å². The molecule has 0 unspecified atom stereocenters. The smallest absolute Gasteiger partial charge is 0.374 e. The normalized spacial score (nSPS) is 10.2. The molecule has 0 atom stereocenters. The van der Waals surface area contributed by atoms with Gasteiger partial charge in [-0.3, -0.25) is 4.79 Å². The number of aryl methyl sites for hydroxylation is 2. The predicted molar refractivity (Wildman–Crippen MR) is 81.2 cm³/mol. The zero-order chi connectivity index (χ0) is 15.4. The third kappa shape index (κ3) is 4.19. The number of ether oxygens (including phenoxy) is 1. The number of hydrogen-bond acceptors (Lipinski definition) is 4. The topological polar surface area (TPSA) is 68.5 Å². The van der Waals surface area contributed by atoms with Crippen molar-refractivity contribution in [2.75, 3.05) is 11.9 Å². The summed E-state index contributed by atoms with van der Waals surface area (Å²) in [7, 11) is 0. The van der Waals surface area contributed by atoms with Crippen LogP contribution >= 0.6 is 15.9 Å². The summed E-state index contributed by atoms with van der Waals surface area (Å²) >= 11 is 3.38. The number of rotatable bonds is 4. The summed E-state index contributed by atoms with van der Waals surface area (Å²) < 4.78 is 10.9. The Morgan fingerprint density at radius 1 is 1.24 bits per heavy atom. The van der Waals surface area contributed by atoms with Crippen LogP contribution in [0.5, 0.6) is 0 Å². The fourth-order valence-electron chi connectivity index (χ4n) is 1.67. The molecule has 1 aromatic carbocycles. The quantitative estimate of drug-likeness (QED) is 0.856. The van der Waals surface area contributed by atoms with Gasteiger partial charge < -0.3 is 14.5 Å². The maximum Gasteiger partial charge on any atom is 0.374 e. The highest BCUT2D eigenvalue weighted by molar-refractivity contribution is 9.10. The predicted octanol–water partition coefficient (Wildman–Crippen LogP) is 3.45. The molecule has 21 heavy (non-hydrogen) atoms. The van der Waals surface area contributed by atoms with Gasteiger partial charge in [0.05, 0.1) is 0 Å². The Morgan fingerprint density at radius 3 is 2.62 bits per heavy atom. The second-order valence-corrected chi connectivity index (χ2v) is 5.35. The summed E-state index contributed by atoms with van der Waals surface area (Å²) in [6, 6.07) is 8.57. The molecule has 0 saturated heterocycles. The molecule has 0 saturated carbocycles. The van der Waals surface area contributed by atoms with E-state index in [1.807, 2.05) is 19.1 Å². The number of carbonyl (C=O) groups is 2. The number of halogens is 1. The van der Waals surface area contributed by atoms with Crippen molar-refractivity contribution in [2.45, 2.75) is 13.8 Å². The lowest BCUT2D eigenvalue weighted by molar-refractivity contribution is -0.119. The molecule has 2 aromatic rings. The van der Waals surface area contributed by atoms with Gasteiger partial charge in [-0.1, -0.05) is 15.9 Å². The molecular formula is C15H14BrNO4. The Labute approximate surface area is 130 Å². The fraction of sp³-hybridized carbons (Fsp3) is 0.200. The van der Waals surface area contributed by atoms with Crippen LogP contribution in [0, 0.1) is 13.8 Å². The van der Waals surface area contributed by atoms with Crippen molar-refractivity contribution in [3.8, 4) is 0 Å². The first kappa shape index (κ1) is 15.3. The molecular weight excluding hydrogens is 338 g/mol. The van der Waals surface area contributed by atoms with Crippen molar-refractivity contribution in [3.63, 3.8) is 0 Å². The third-order valence-electron chi connectivity index (χ3n) is 2.72. The van der Waals surface area contributed by atoms with Gasteiger partial charge in [-0.05, 0) is 49.7 Å². The number of carbonyl (C=O) groups excluding carboxylic acids is 2. The average molecular weight is 352 g/mol. The molecule has 6 heteroatoms. The number of hydrogen-bond donors (Lipinski definition) is 1. The molecule has 0 aliphatic heterocycles. The summed E-state index contributed by atoms with van der Waals surface area (Å²) in [5.41, 5.74) is 1.64. The van der Waals surface area contributed by atoms with Crippen molar-refractivity contribution in [1.82, 2.24) is 0 Å². The van der Waals surface area contributed by atoms with E-state index in [0.29, 0.717) is 11.4 Å². The molecule has 1 aromatic heterocycles. The Hall–Kier alpha value is -2.08. The first-order valence-electron chi connectivity index (χ1n) is 6.25. The van der Waals surface area contributed by atoms with Crippen LogP contribution in [0.3, 0.4) is 0 Å². The van der Waals surface area contributed by atoms with Crippen LogP contribution in [0.1, 0.15) is 21.9 Å². The molecule has 1 N–H and O–H groups in total. The van der Waals surface area contributed by atoms with Gasteiger partial charge in [0.1, 0.15) is 5.76 Å². The minimum absolute atomic E-state index is 0.0831. The van der Waals surface area contributed by atoms with Gasteiger partial charge in [0, 0.05) is 10.2 Å². The highest BCUT2D eigenvalue weighted by Crippen LogP contribution is 2.19.